The van der Waals surface area contributed by atoms with E-state index in [1.807, 2.05) is 47.7 Å². The zero-order chi connectivity index (χ0) is 19.1. The molecule has 2 aromatic heterocycles. The highest BCUT2D eigenvalue weighted by Gasteiger charge is 2.25. The number of aldehydes is 1. The molecule has 0 aliphatic carbocycles. The van der Waals surface area contributed by atoms with E-state index in [0.29, 0.717) is 23.7 Å². The topological polar surface area (TPSA) is 75.2 Å². The van der Waals surface area contributed by atoms with Gasteiger partial charge in [0.25, 0.3) is 0 Å². The third-order valence-corrected chi connectivity index (χ3v) is 4.94. The Balaban J connectivity index is 1.81. The SMILES string of the molecule is CN(Cc1ccccc1C=O)C(Cc1cccnc1)C(=O)Nc1nccs1. The van der Waals surface area contributed by atoms with Gasteiger partial charge in [0.2, 0.25) is 5.91 Å². The van der Waals surface area contributed by atoms with Gasteiger partial charge < -0.3 is 5.32 Å². The summed E-state index contributed by atoms with van der Waals surface area (Å²) in [5.74, 6) is -0.139. The summed E-state index contributed by atoms with van der Waals surface area (Å²) < 4.78 is 0. The van der Waals surface area contributed by atoms with Crippen LogP contribution in [0.25, 0.3) is 0 Å². The van der Waals surface area contributed by atoms with Gasteiger partial charge in [-0.25, -0.2) is 4.98 Å². The molecule has 1 atom stereocenters. The Morgan fingerprint density at radius 1 is 1.26 bits per heavy atom. The van der Waals surface area contributed by atoms with Crippen LogP contribution in [0.3, 0.4) is 0 Å². The van der Waals surface area contributed by atoms with E-state index >= 15 is 0 Å². The standard InChI is InChI=1S/C20H20N4O2S/c1-24(13-16-6-2-3-7-17(16)14-25)18(11-15-5-4-8-21-12-15)19(26)23-20-22-9-10-27-20/h2-10,12,14,18H,11,13H2,1H3,(H,22,23,26). The van der Waals surface area contributed by atoms with Crippen LogP contribution >= 0.6 is 11.3 Å². The minimum Gasteiger partial charge on any atom is -0.301 e. The average molecular weight is 380 g/mol. The number of nitrogens with one attached hydrogen (secondary N) is 1. The number of benzene rings is 1. The number of carbonyl (C=O) groups is 2. The molecule has 3 rings (SSSR count). The number of aromatic nitrogens is 2. The maximum absolute atomic E-state index is 12.9. The second kappa shape index (κ2) is 9.16. The molecule has 7 heteroatoms. The minimum absolute atomic E-state index is 0.139. The minimum atomic E-state index is -0.433. The first-order valence-corrected chi connectivity index (χ1v) is 9.38. The van der Waals surface area contributed by atoms with Crippen LogP contribution in [0.15, 0.2) is 60.4 Å². The van der Waals surface area contributed by atoms with Gasteiger partial charge in [-0.3, -0.25) is 19.5 Å². The number of rotatable bonds is 8. The van der Waals surface area contributed by atoms with Crippen molar-refractivity contribution in [3.05, 3.63) is 77.1 Å². The van der Waals surface area contributed by atoms with E-state index in [1.165, 1.54) is 11.3 Å². The molecule has 2 heterocycles. The van der Waals surface area contributed by atoms with Gasteiger partial charge in [0.15, 0.2) is 5.13 Å². The van der Waals surface area contributed by atoms with Crippen molar-refractivity contribution in [2.24, 2.45) is 0 Å². The van der Waals surface area contributed by atoms with E-state index in [1.54, 1.807) is 24.7 Å². The van der Waals surface area contributed by atoms with E-state index in [0.717, 1.165) is 17.4 Å². The highest BCUT2D eigenvalue weighted by atomic mass is 32.1. The molecule has 0 saturated carbocycles. The van der Waals surface area contributed by atoms with Gasteiger partial charge in [-0.15, -0.1) is 11.3 Å². The molecule has 0 spiro atoms. The van der Waals surface area contributed by atoms with E-state index in [9.17, 15) is 9.59 Å². The van der Waals surface area contributed by atoms with E-state index < -0.39 is 6.04 Å². The number of hydrogen-bond donors (Lipinski definition) is 1. The molecule has 1 N–H and O–H groups in total. The molecule has 6 nitrogen and oxygen atoms in total. The number of nitrogens with zero attached hydrogens (tertiary/aromatic N) is 3. The first kappa shape index (κ1) is 18.9. The predicted octanol–water partition coefficient (Wildman–Crippen LogP) is 3.03. The fourth-order valence-corrected chi connectivity index (χ4v) is 3.37. The zero-order valence-electron chi connectivity index (χ0n) is 14.9. The summed E-state index contributed by atoms with van der Waals surface area (Å²) in [4.78, 5) is 34.4. The normalized spacial score (nSPS) is 11.9. The quantitative estimate of drug-likeness (QED) is 0.608. The molecule has 0 fully saturated rings. The average Bonchev–Trinajstić information content (AvgIpc) is 3.20. The van der Waals surface area contributed by atoms with E-state index in [-0.39, 0.29) is 5.91 Å². The van der Waals surface area contributed by atoms with E-state index in [2.05, 4.69) is 15.3 Å². The van der Waals surface area contributed by atoms with Crippen molar-refractivity contribution in [1.82, 2.24) is 14.9 Å². The largest absolute Gasteiger partial charge is 0.301 e. The van der Waals surface area contributed by atoms with Crippen molar-refractivity contribution in [3.8, 4) is 0 Å². The lowest BCUT2D eigenvalue weighted by Gasteiger charge is -2.27. The molecule has 0 saturated heterocycles. The van der Waals surface area contributed by atoms with Crippen molar-refractivity contribution >= 4 is 28.7 Å². The lowest BCUT2D eigenvalue weighted by molar-refractivity contribution is -0.121. The van der Waals surface area contributed by atoms with Gasteiger partial charge in [0.05, 0.1) is 6.04 Å². The molecule has 1 amide bonds. The molecule has 0 aliphatic rings. The number of thiazole rings is 1. The molecule has 1 aromatic carbocycles. The second-order valence-corrected chi connectivity index (χ2v) is 7.03. The zero-order valence-corrected chi connectivity index (χ0v) is 15.7. The molecular formula is C20H20N4O2S. The van der Waals surface area contributed by atoms with Crippen molar-refractivity contribution in [2.75, 3.05) is 12.4 Å². The molecular weight excluding hydrogens is 360 g/mol. The summed E-state index contributed by atoms with van der Waals surface area (Å²) in [6.45, 7) is 0.477. The van der Waals surface area contributed by atoms with Gasteiger partial charge in [0, 0.05) is 36.1 Å². The Kier molecular flexibility index (Phi) is 6.40. The van der Waals surface area contributed by atoms with Crippen LogP contribution in [0, 0.1) is 0 Å². The highest BCUT2D eigenvalue weighted by molar-refractivity contribution is 7.13. The first-order chi connectivity index (χ1) is 13.2. The van der Waals surface area contributed by atoms with Gasteiger partial charge >= 0.3 is 0 Å². The third kappa shape index (κ3) is 5.06. The van der Waals surface area contributed by atoms with Crippen LogP contribution in [-0.2, 0) is 17.8 Å². The Morgan fingerprint density at radius 2 is 2.11 bits per heavy atom. The van der Waals surface area contributed by atoms with Crippen LogP contribution in [0.5, 0.6) is 0 Å². The highest BCUT2D eigenvalue weighted by Crippen LogP contribution is 2.17. The monoisotopic (exact) mass is 380 g/mol. The molecule has 0 aliphatic heterocycles. The Hall–Kier alpha value is -2.90. The number of anilines is 1. The number of hydrogen-bond acceptors (Lipinski definition) is 6. The van der Waals surface area contributed by atoms with Crippen LogP contribution in [-0.4, -0.2) is 40.2 Å². The van der Waals surface area contributed by atoms with Crippen LogP contribution < -0.4 is 5.32 Å². The summed E-state index contributed by atoms with van der Waals surface area (Å²) >= 11 is 1.38. The van der Waals surface area contributed by atoms with Crippen molar-refractivity contribution < 1.29 is 9.59 Å². The lowest BCUT2D eigenvalue weighted by atomic mass is 10.0. The molecule has 3 aromatic rings. The number of pyridine rings is 1. The summed E-state index contributed by atoms with van der Waals surface area (Å²) in [5.41, 5.74) is 2.48. The Morgan fingerprint density at radius 3 is 2.81 bits per heavy atom. The molecule has 0 radical (unpaired) electrons. The molecule has 27 heavy (non-hydrogen) atoms. The van der Waals surface area contributed by atoms with Crippen molar-refractivity contribution in [1.29, 1.82) is 0 Å². The summed E-state index contributed by atoms with van der Waals surface area (Å²) in [6, 6.07) is 10.8. The maximum Gasteiger partial charge on any atom is 0.243 e. The van der Waals surface area contributed by atoms with Crippen LogP contribution in [0.2, 0.25) is 0 Å². The second-order valence-electron chi connectivity index (χ2n) is 6.14. The molecule has 1 unspecified atom stereocenters. The maximum atomic E-state index is 12.9. The third-order valence-electron chi connectivity index (χ3n) is 4.25. The summed E-state index contributed by atoms with van der Waals surface area (Å²) in [5, 5.41) is 5.26. The number of amides is 1. The fourth-order valence-electron chi connectivity index (χ4n) is 2.84. The van der Waals surface area contributed by atoms with Crippen LogP contribution in [0.1, 0.15) is 21.5 Å². The van der Waals surface area contributed by atoms with Crippen LogP contribution in [0.4, 0.5) is 5.13 Å². The van der Waals surface area contributed by atoms with Gasteiger partial charge in [-0.1, -0.05) is 30.3 Å². The predicted molar refractivity (Wildman–Crippen MR) is 106 cm³/mol. The first-order valence-electron chi connectivity index (χ1n) is 8.50. The van der Waals surface area contributed by atoms with Gasteiger partial charge in [-0.2, -0.15) is 0 Å². The molecule has 0 bridgehead atoms. The fraction of sp³-hybridized carbons (Fsp3) is 0.200. The van der Waals surface area contributed by atoms with Crippen molar-refractivity contribution in [2.45, 2.75) is 19.0 Å². The summed E-state index contributed by atoms with van der Waals surface area (Å²) in [6.07, 6.45) is 6.47. The van der Waals surface area contributed by atoms with Gasteiger partial charge in [-0.05, 0) is 30.7 Å². The number of carbonyl (C=O) groups excluding carboxylic acids is 2. The van der Waals surface area contributed by atoms with E-state index in [4.69, 9.17) is 0 Å². The summed E-state index contributed by atoms with van der Waals surface area (Å²) in [7, 11) is 1.88. The van der Waals surface area contributed by atoms with Gasteiger partial charge in [0.1, 0.15) is 6.29 Å². The Bertz CT molecular complexity index is 884. The van der Waals surface area contributed by atoms with Crippen molar-refractivity contribution in [3.63, 3.8) is 0 Å². The lowest BCUT2D eigenvalue weighted by Crippen LogP contribution is -2.43. The smallest absolute Gasteiger partial charge is 0.243 e. The molecule has 138 valence electrons. The number of likely N-dealkylation sites (N-methyl/N-ethyl adjacent to an activating group) is 1. The Labute approximate surface area is 161 Å².